The molecule has 0 radical (unpaired) electrons. The Balaban J connectivity index is 2.06. The highest BCUT2D eigenvalue weighted by Gasteiger charge is 2.61. The molecule has 0 spiro atoms. The van der Waals surface area contributed by atoms with E-state index in [9.17, 15) is 5.11 Å². The fraction of sp³-hybridized carbons (Fsp3) is 0.900. The van der Waals surface area contributed by atoms with Crippen molar-refractivity contribution in [1.29, 1.82) is 5.26 Å². The average Bonchev–Trinajstić information content (AvgIpc) is 2.69. The van der Waals surface area contributed by atoms with Crippen molar-refractivity contribution >= 4 is 0 Å². The average molecular weight is 180 g/mol. The summed E-state index contributed by atoms with van der Waals surface area (Å²) in [5, 5.41) is 18.2. The minimum absolute atomic E-state index is 0.161. The van der Waals surface area contributed by atoms with Gasteiger partial charge in [0, 0.05) is 18.5 Å². The van der Waals surface area contributed by atoms with Gasteiger partial charge in [-0.05, 0) is 26.2 Å². The van der Waals surface area contributed by atoms with E-state index in [1.165, 1.54) is 0 Å². The first kappa shape index (κ1) is 8.98. The zero-order valence-electron chi connectivity index (χ0n) is 8.25. The molecule has 2 aliphatic rings. The molecule has 0 aromatic rings. The molecule has 1 heterocycles. The Morgan fingerprint density at radius 1 is 1.69 bits per heavy atom. The molecule has 72 valence electrons. The van der Waals surface area contributed by atoms with E-state index in [-0.39, 0.29) is 17.6 Å². The van der Waals surface area contributed by atoms with Crippen LogP contribution in [-0.2, 0) is 0 Å². The summed E-state index contributed by atoms with van der Waals surface area (Å²) in [5.41, 5.74) is -0.205. The number of nitriles is 1. The van der Waals surface area contributed by atoms with Crippen molar-refractivity contribution in [3.05, 3.63) is 0 Å². The van der Waals surface area contributed by atoms with Crippen LogP contribution in [0.25, 0.3) is 0 Å². The van der Waals surface area contributed by atoms with Crippen molar-refractivity contribution in [2.75, 3.05) is 19.7 Å². The molecule has 1 N–H and O–H groups in total. The number of aliphatic hydroxyl groups excluding tert-OH is 1. The van der Waals surface area contributed by atoms with Crippen LogP contribution in [0.3, 0.4) is 0 Å². The van der Waals surface area contributed by atoms with Gasteiger partial charge < -0.3 is 5.11 Å². The molecular weight excluding hydrogens is 164 g/mol. The van der Waals surface area contributed by atoms with Crippen molar-refractivity contribution in [3.8, 4) is 6.07 Å². The van der Waals surface area contributed by atoms with Gasteiger partial charge in [-0.15, -0.1) is 0 Å². The molecule has 1 saturated heterocycles. The third kappa shape index (κ3) is 1.17. The fourth-order valence-corrected chi connectivity index (χ4v) is 2.33. The zero-order valence-corrected chi connectivity index (χ0v) is 8.25. The third-order valence-electron chi connectivity index (χ3n) is 3.68. The summed E-state index contributed by atoms with van der Waals surface area (Å²) in [7, 11) is 0. The van der Waals surface area contributed by atoms with Crippen molar-refractivity contribution < 1.29 is 5.11 Å². The molecule has 1 aliphatic heterocycles. The van der Waals surface area contributed by atoms with Crippen LogP contribution in [0.1, 0.15) is 20.3 Å². The largest absolute Gasteiger partial charge is 0.396 e. The van der Waals surface area contributed by atoms with E-state index in [4.69, 9.17) is 5.26 Å². The fourth-order valence-electron chi connectivity index (χ4n) is 2.33. The third-order valence-corrected chi connectivity index (χ3v) is 3.68. The molecule has 2 fully saturated rings. The van der Waals surface area contributed by atoms with Crippen LogP contribution in [-0.4, -0.2) is 35.2 Å². The predicted molar refractivity (Wildman–Crippen MR) is 48.9 cm³/mol. The second-order valence-corrected chi connectivity index (χ2v) is 4.97. The maximum absolute atomic E-state index is 9.21. The Morgan fingerprint density at radius 3 is 2.85 bits per heavy atom. The molecular formula is C10H16N2O. The molecule has 2 unspecified atom stereocenters. The Bertz CT molecular complexity index is 265. The van der Waals surface area contributed by atoms with Crippen LogP contribution < -0.4 is 0 Å². The van der Waals surface area contributed by atoms with E-state index in [1.54, 1.807) is 0 Å². The molecule has 1 saturated carbocycles. The molecule has 3 heteroatoms. The first-order valence-corrected chi connectivity index (χ1v) is 4.81. The minimum Gasteiger partial charge on any atom is -0.396 e. The maximum Gasteiger partial charge on any atom is 0.103 e. The van der Waals surface area contributed by atoms with Crippen LogP contribution >= 0.6 is 0 Å². The molecule has 3 nitrogen and oxygen atoms in total. The monoisotopic (exact) mass is 180 g/mol. The number of likely N-dealkylation sites (tertiary alicyclic amines) is 1. The number of nitrogens with zero attached hydrogens (tertiary/aromatic N) is 2. The number of rotatable bonds is 2. The second kappa shape index (κ2) is 2.46. The van der Waals surface area contributed by atoms with Gasteiger partial charge in [-0.25, -0.2) is 0 Å². The molecule has 0 aromatic carbocycles. The molecule has 2 rings (SSSR count). The van der Waals surface area contributed by atoms with Crippen LogP contribution in [0.2, 0.25) is 0 Å². The van der Waals surface area contributed by atoms with E-state index in [0.29, 0.717) is 5.92 Å². The number of aliphatic hydroxyl groups is 1. The summed E-state index contributed by atoms with van der Waals surface area (Å²) < 4.78 is 0. The second-order valence-electron chi connectivity index (χ2n) is 4.97. The lowest BCUT2D eigenvalue weighted by molar-refractivity contribution is 0.144. The predicted octanol–water partition coefficient (Wildman–Crippen LogP) is 0.603. The van der Waals surface area contributed by atoms with E-state index in [1.807, 2.05) is 13.8 Å². The SMILES string of the molecule is CC(C)(C#N)N1CC2CC2(CO)C1. The molecule has 1 aliphatic carbocycles. The topological polar surface area (TPSA) is 47.3 Å². The van der Waals surface area contributed by atoms with E-state index in [0.717, 1.165) is 19.5 Å². The van der Waals surface area contributed by atoms with Gasteiger partial charge in [-0.3, -0.25) is 4.90 Å². The number of piperidine rings is 1. The molecule has 0 amide bonds. The van der Waals surface area contributed by atoms with Gasteiger partial charge in [0.25, 0.3) is 0 Å². The summed E-state index contributed by atoms with van der Waals surface area (Å²) in [6.45, 7) is 6.07. The van der Waals surface area contributed by atoms with Crippen molar-refractivity contribution in [1.82, 2.24) is 4.90 Å². The summed E-state index contributed by atoms with van der Waals surface area (Å²) in [4.78, 5) is 2.19. The minimum atomic E-state index is -0.365. The standard InChI is InChI=1S/C10H16N2O/c1-9(2,5-11)12-4-8-3-10(8,6-12)7-13/h8,13H,3-4,6-7H2,1-2H3. The highest BCUT2D eigenvalue weighted by Crippen LogP contribution is 2.58. The molecule has 0 bridgehead atoms. The molecule has 13 heavy (non-hydrogen) atoms. The summed E-state index contributed by atoms with van der Waals surface area (Å²) in [6, 6.07) is 2.31. The normalized spacial score (nSPS) is 38.5. The smallest absolute Gasteiger partial charge is 0.103 e. The van der Waals surface area contributed by atoms with Crippen LogP contribution in [0, 0.1) is 22.7 Å². The van der Waals surface area contributed by atoms with Gasteiger partial charge in [0.2, 0.25) is 0 Å². The summed E-state index contributed by atoms with van der Waals surface area (Å²) >= 11 is 0. The molecule has 0 aromatic heterocycles. The lowest BCUT2D eigenvalue weighted by Crippen LogP contribution is -2.43. The Hall–Kier alpha value is -0.590. The van der Waals surface area contributed by atoms with Gasteiger partial charge in [0.1, 0.15) is 5.54 Å². The number of fused-ring (bicyclic) bond motifs is 1. The Morgan fingerprint density at radius 2 is 2.38 bits per heavy atom. The maximum atomic E-state index is 9.21. The van der Waals surface area contributed by atoms with Gasteiger partial charge in [-0.1, -0.05) is 0 Å². The van der Waals surface area contributed by atoms with Crippen LogP contribution in [0.15, 0.2) is 0 Å². The van der Waals surface area contributed by atoms with Crippen molar-refractivity contribution in [2.45, 2.75) is 25.8 Å². The first-order chi connectivity index (χ1) is 6.04. The first-order valence-electron chi connectivity index (χ1n) is 4.81. The Kier molecular flexibility index (Phi) is 1.70. The highest BCUT2D eigenvalue weighted by atomic mass is 16.3. The highest BCUT2D eigenvalue weighted by molar-refractivity contribution is 5.15. The van der Waals surface area contributed by atoms with Gasteiger partial charge >= 0.3 is 0 Å². The van der Waals surface area contributed by atoms with E-state index in [2.05, 4.69) is 11.0 Å². The molecule has 2 atom stereocenters. The lowest BCUT2D eigenvalue weighted by Gasteiger charge is -2.31. The Labute approximate surface area is 79.0 Å². The van der Waals surface area contributed by atoms with Crippen molar-refractivity contribution in [2.24, 2.45) is 11.3 Å². The zero-order chi connectivity index (χ0) is 9.69. The van der Waals surface area contributed by atoms with Crippen LogP contribution in [0.5, 0.6) is 0 Å². The quantitative estimate of drug-likeness (QED) is 0.677. The number of hydrogen-bond acceptors (Lipinski definition) is 3. The van der Waals surface area contributed by atoms with Crippen LogP contribution in [0.4, 0.5) is 0 Å². The lowest BCUT2D eigenvalue weighted by atomic mass is 10.0. The van der Waals surface area contributed by atoms with E-state index < -0.39 is 0 Å². The van der Waals surface area contributed by atoms with Gasteiger partial charge in [0.15, 0.2) is 0 Å². The number of hydrogen-bond donors (Lipinski definition) is 1. The van der Waals surface area contributed by atoms with Crippen molar-refractivity contribution in [3.63, 3.8) is 0 Å². The van der Waals surface area contributed by atoms with E-state index >= 15 is 0 Å². The summed E-state index contributed by atoms with van der Waals surface area (Å²) in [5.74, 6) is 0.644. The van der Waals surface area contributed by atoms with Gasteiger partial charge in [-0.2, -0.15) is 5.26 Å². The summed E-state index contributed by atoms with van der Waals surface area (Å²) in [6.07, 6.45) is 1.15. The van der Waals surface area contributed by atoms with Gasteiger partial charge in [0.05, 0.1) is 12.7 Å².